The fraction of sp³-hybridized carbons (Fsp3) is 0.857. The summed E-state index contributed by atoms with van der Waals surface area (Å²) in [6.07, 6.45) is -5.08. The standard InChI is InChI=1S/C5H15N3.C2HF3O2/c1-5(7)4-8-3-2-6;3-2(4,5)1(6)7/h5,8H,2-4,6-7H2,1H3;(H,6,7). The molecule has 8 heteroatoms. The molecule has 5 nitrogen and oxygen atoms in total. The molecule has 1 unspecified atom stereocenters. The number of alkyl halides is 3. The normalized spacial score (nSPS) is 12.7. The van der Waals surface area contributed by atoms with Crippen LogP contribution in [-0.2, 0) is 4.79 Å². The van der Waals surface area contributed by atoms with E-state index in [-0.39, 0.29) is 6.04 Å². The van der Waals surface area contributed by atoms with Crippen LogP contribution >= 0.6 is 0 Å². The van der Waals surface area contributed by atoms with Crippen LogP contribution in [0.3, 0.4) is 0 Å². The summed E-state index contributed by atoms with van der Waals surface area (Å²) in [5, 5.41) is 10.2. The summed E-state index contributed by atoms with van der Waals surface area (Å²) >= 11 is 0. The molecule has 0 bridgehead atoms. The summed E-state index contributed by atoms with van der Waals surface area (Å²) in [4.78, 5) is 8.90. The second kappa shape index (κ2) is 8.45. The van der Waals surface area contributed by atoms with Gasteiger partial charge in [0.05, 0.1) is 0 Å². The van der Waals surface area contributed by atoms with Crippen LogP contribution in [-0.4, -0.2) is 42.9 Å². The van der Waals surface area contributed by atoms with Crippen molar-refractivity contribution in [1.29, 1.82) is 0 Å². The highest BCUT2D eigenvalue weighted by Gasteiger charge is 2.38. The molecule has 6 N–H and O–H groups in total. The van der Waals surface area contributed by atoms with Crippen molar-refractivity contribution in [3.8, 4) is 0 Å². The molecule has 0 aromatic heterocycles. The van der Waals surface area contributed by atoms with Gasteiger partial charge in [0.15, 0.2) is 0 Å². The maximum Gasteiger partial charge on any atom is 0.490 e. The van der Waals surface area contributed by atoms with Gasteiger partial charge in [0, 0.05) is 25.7 Å². The van der Waals surface area contributed by atoms with Crippen molar-refractivity contribution < 1.29 is 23.1 Å². The summed E-state index contributed by atoms with van der Waals surface area (Å²) in [7, 11) is 0. The zero-order valence-corrected chi connectivity index (χ0v) is 8.34. The Labute approximate surface area is 85.6 Å². The summed E-state index contributed by atoms with van der Waals surface area (Å²) in [6, 6.07) is 0.238. The molecule has 0 aliphatic rings. The van der Waals surface area contributed by atoms with Crippen LogP contribution in [0.4, 0.5) is 13.2 Å². The molecule has 0 saturated carbocycles. The van der Waals surface area contributed by atoms with Gasteiger partial charge in [-0.1, -0.05) is 0 Å². The fourth-order valence-electron chi connectivity index (χ4n) is 0.432. The van der Waals surface area contributed by atoms with Crippen LogP contribution in [0.1, 0.15) is 6.92 Å². The Morgan fingerprint density at radius 1 is 1.53 bits per heavy atom. The van der Waals surface area contributed by atoms with Crippen molar-refractivity contribution in [3.05, 3.63) is 0 Å². The van der Waals surface area contributed by atoms with E-state index in [1.807, 2.05) is 6.92 Å². The van der Waals surface area contributed by atoms with Gasteiger partial charge in [-0.25, -0.2) is 4.79 Å². The molecule has 0 aromatic rings. The number of hydrogen-bond acceptors (Lipinski definition) is 4. The monoisotopic (exact) mass is 231 g/mol. The van der Waals surface area contributed by atoms with Gasteiger partial charge in [0.25, 0.3) is 0 Å². The van der Waals surface area contributed by atoms with Gasteiger partial charge in [-0.3, -0.25) is 0 Å². The van der Waals surface area contributed by atoms with Crippen LogP contribution < -0.4 is 16.8 Å². The second-order valence-corrected chi connectivity index (χ2v) is 2.77. The topological polar surface area (TPSA) is 101 Å². The van der Waals surface area contributed by atoms with Gasteiger partial charge in [0.2, 0.25) is 0 Å². The van der Waals surface area contributed by atoms with Gasteiger partial charge in [-0.05, 0) is 6.92 Å². The smallest absolute Gasteiger partial charge is 0.475 e. The molecule has 92 valence electrons. The number of halogens is 3. The van der Waals surface area contributed by atoms with E-state index in [0.717, 1.165) is 13.1 Å². The molecule has 15 heavy (non-hydrogen) atoms. The number of carboxylic acids is 1. The van der Waals surface area contributed by atoms with Crippen molar-refractivity contribution in [3.63, 3.8) is 0 Å². The maximum atomic E-state index is 10.6. The molecule has 0 aliphatic heterocycles. The first kappa shape index (κ1) is 16.6. The third kappa shape index (κ3) is 15.9. The lowest BCUT2D eigenvalue weighted by Gasteiger charge is -2.04. The van der Waals surface area contributed by atoms with Crippen molar-refractivity contribution in [2.45, 2.75) is 19.1 Å². The number of rotatable bonds is 4. The number of nitrogens with two attached hydrogens (primary N) is 2. The zero-order chi connectivity index (χ0) is 12.5. The second-order valence-electron chi connectivity index (χ2n) is 2.77. The quantitative estimate of drug-likeness (QED) is 0.489. The Balaban J connectivity index is 0. The van der Waals surface area contributed by atoms with E-state index in [2.05, 4.69) is 5.32 Å². The van der Waals surface area contributed by atoms with Crippen LogP contribution in [0, 0.1) is 0 Å². The minimum atomic E-state index is -5.08. The molecular weight excluding hydrogens is 215 g/mol. The molecule has 0 amide bonds. The first-order valence-corrected chi connectivity index (χ1v) is 4.18. The van der Waals surface area contributed by atoms with E-state index >= 15 is 0 Å². The summed E-state index contributed by atoms with van der Waals surface area (Å²) in [5.41, 5.74) is 10.6. The van der Waals surface area contributed by atoms with Crippen LogP contribution in [0.2, 0.25) is 0 Å². The molecule has 0 heterocycles. The van der Waals surface area contributed by atoms with Crippen molar-refractivity contribution in [2.24, 2.45) is 11.5 Å². The molecule has 0 rings (SSSR count). The Kier molecular flexibility index (Phi) is 9.33. The first-order chi connectivity index (χ1) is 6.71. The largest absolute Gasteiger partial charge is 0.490 e. The van der Waals surface area contributed by atoms with Gasteiger partial charge >= 0.3 is 12.1 Å². The number of hydrogen-bond donors (Lipinski definition) is 4. The van der Waals surface area contributed by atoms with E-state index in [4.69, 9.17) is 21.4 Å². The highest BCUT2D eigenvalue weighted by molar-refractivity contribution is 5.73. The lowest BCUT2D eigenvalue weighted by atomic mass is 10.4. The summed E-state index contributed by atoms with van der Waals surface area (Å²) in [6.45, 7) is 4.37. The molecule has 0 radical (unpaired) electrons. The van der Waals surface area contributed by atoms with Gasteiger partial charge in [-0.15, -0.1) is 0 Å². The number of aliphatic carboxylic acids is 1. The Morgan fingerprint density at radius 2 is 1.93 bits per heavy atom. The predicted molar refractivity (Wildman–Crippen MR) is 49.3 cm³/mol. The molecule has 0 spiro atoms. The lowest BCUT2D eigenvalue weighted by Crippen LogP contribution is -2.33. The number of nitrogens with one attached hydrogen (secondary N) is 1. The minimum absolute atomic E-state index is 0.238. The number of carbonyl (C=O) groups is 1. The molecule has 1 atom stereocenters. The Hall–Kier alpha value is -0.860. The summed E-state index contributed by atoms with van der Waals surface area (Å²) in [5.74, 6) is -2.76. The van der Waals surface area contributed by atoms with E-state index in [1.165, 1.54) is 0 Å². The van der Waals surface area contributed by atoms with Gasteiger partial charge in [0.1, 0.15) is 0 Å². The van der Waals surface area contributed by atoms with Crippen molar-refractivity contribution >= 4 is 5.97 Å². The van der Waals surface area contributed by atoms with E-state index < -0.39 is 12.1 Å². The molecule has 0 saturated heterocycles. The Bertz CT molecular complexity index is 173. The molecule has 0 aromatic carbocycles. The number of carboxylic acid groups (broad SMARTS) is 1. The van der Waals surface area contributed by atoms with Crippen LogP contribution in [0.15, 0.2) is 0 Å². The fourth-order valence-corrected chi connectivity index (χ4v) is 0.432. The molecule has 0 fully saturated rings. The average molecular weight is 231 g/mol. The Morgan fingerprint density at radius 3 is 2.13 bits per heavy atom. The van der Waals surface area contributed by atoms with Crippen molar-refractivity contribution in [1.82, 2.24) is 5.32 Å². The summed E-state index contributed by atoms with van der Waals surface area (Å²) < 4.78 is 31.7. The van der Waals surface area contributed by atoms with Gasteiger partial charge in [-0.2, -0.15) is 13.2 Å². The zero-order valence-electron chi connectivity index (χ0n) is 8.34. The third-order valence-electron chi connectivity index (χ3n) is 1.03. The minimum Gasteiger partial charge on any atom is -0.475 e. The lowest BCUT2D eigenvalue weighted by molar-refractivity contribution is -0.192. The molecule has 0 aliphatic carbocycles. The average Bonchev–Trinajstić information content (AvgIpc) is 2.03. The predicted octanol–water partition coefficient (Wildman–Crippen LogP) is -0.485. The van der Waals surface area contributed by atoms with Crippen molar-refractivity contribution in [2.75, 3.05) is 19.6 Å². The van der Waals surface area contributed by atoms with Crippen LogP contribution in [0.5, 0.6) is 0 Å². The SMILES string of the molecule is CC(N)CNCCN.O=C(O)C(F)(F)F. The maximum absolute atomic E-state index is 10.6. The van der Waals surface area contributed by atoms with Crippen LogP contribution in [0.25, 0.3) is 0 Å². The van der Waals surface area contributed by atoms with Gasteiger partial charge < -0.3 is 21.9 Å². The van der Waals surface area contributed by atoms with E-state index in [9.17, 15) is 13.2 Å². The highest BCUT2D eigenvalue weighted by Crippen LogP contribution is 2.13. The highest BCUT2D eigenvalue weighted by atomic mass is 19.4. The third-order valence-corrected chi connectivity index (χ3v) is 1.03. The molecular formula is C7H16F3N3O2. The van der Waals surface area contributed by atoms with E-state index in [0.29, 0.717) is 6.54 Å². The first-order valence-electron chi connectivity index (χ1n) is 4.18. The van der Waals surface area contributed by atoms with E-state index in [1.54, 1.807) is 0 Å².